The van der Waals surface area contributed by atoms with E-state index >= 15 is 0 Å². The molecule has 0 aliphatic heterocycles. The molecule has 0 radical (unpaired) electrons. The zero-order chi connectivity index (χ0) is 24.2. The van der Waals surface area contributed by atoms with Gasteiger partial charge in [0, 0.05) is 38.5 Å². The fourth-order valence-corrected chi connectivity index (χ4v) is 5.00. The van der Waals surface area contributed by atoms with Crippen molar-refractivity contribution < 1.29 is 19.5 Å². The molecule has 0 saturated carbocycles. The summed E-state index contributed by atoms with van der Waals surface area (Å²) in [7, 11) is 0. The number of thiophene rings is 1. The van der Waals surface area contributed by atoms with Crippen molar-refractivity contribution in [1.29, 1.82) is 0 Å². The number of anilines is 2. The summed E-state index contributed by atoms with van der Waals surface area (Å²) in [5.74, 6) is -0.895. The molecule has 172 valence electrons. The molecule has 2 N–H and O–H groups in total. The number of amides is 2. The Labute approximate surface area is 209 Å². The van der Waals surface area contributed by atoms with Crippen LogP contribution in [0.1, 0.15) is 30.4 Å². The number of aldehydes is 1. The van der Waals surface area contributed by atoms with Crippen molar-refractivity contribution >= 4 is 74.1 Å². The molecule has 0 unspecified atom stereocenters. The van der Waals surface area contributed by atoms with Crippen molar-refractivity contribution in [3.8, 4) is 0 Å². The molecule has 0 saturated heterocycles. The van der Waals surface area contributed by atoms with Gasteiger partial charge in [-0.2, -0.15) is 0 Å². The Morgan fingerprint density at radius 1 is 1.03 bits per heavy atom. The van der Waals surface area contributed by atoms with E-state index in [-0.39, 0.29) is 30.0 Å². The first-order valence-electron chi connectivity index (χ1n) is 10.2. The Morgan fingerprint density at radius 2 is 1.76 bits per heavy atom. The van der Waals surface area contributed by atoms with Crippen molar-refractivity contribution in [3.63, 3.8) is 0 Å². The fraction of sp³-hybridized carbons (Fsp3) is 0.0800. The molecule has 0 bridgehead atoms. The standard InChI is InChI=1S/C25H18Cl2N2O4S/c26-17-7-9-18(10-8-17)29(11-12-30)25(33)15-5-6-16(14-31)20(13-15)28-24(32)23-22(27)19-3-1-2-4-21(19)34-23/h1-10,13-14,30H,11-12H2,(H,28,32). The van der Waals surface area contributed by atoms with Crippen molar-refractivity contribution in [2.24, 2.45) is 0 Å². The Hall–Kier alpha value is -3.23. The van der Waals surface area contributed by atoms with Crippen LogP contribution in [0.3, 0.4) is 0 Å². The molecule has 4 aromatic rings. The van der Waals surface area contributed by atoms with Crippen LogP contribution in [0.25, 0.3) is 10.1 Å². The van der Waals surface area contributed by atoms with Gasteiger partial charge in [0.05, 0.1) is 17.3 Å². The second-order valence-electron chi connectivity index (χ2n) is 7.27. The summed E-state index contributed by atoms with van der Waals surface area (Å²) in [5.41, 5.74) is 1.17. The molecule has 0 spiro atoms. The van der Waals surface area contributed by atoms with E-state index in [1.54, 1.807) is 24.3 Å². The minimum absolute atomic E-state index is 0.0506. The van der Waals surface area contributed by atoms with E-state index in [4.69, 9.17) is 23.2 Å². The third-order valence-corrected chi connectivity index (χ3v) is 7.05. The fourth-order valence-electron chi connectivity index (χ4n) is 3.46. The number of aliphatic hydroxyl groups is 1. The molecule has 1 heterocycles. The number of nitrogens with one attached hydrogen (secondary N) is 1. The van der Waals surface area contributed by atoms with Crippen LogP contribution in [0.15, 0.2) is 66.7 Å². The van der Waals surface area contributed by atoms with Crippen LogP contribution in [0, 0.1) is 0 Å². The Balaban J connectivity index is 1.66. The molecular weight excluding hydrogens is 495 g/mol. The molecular formula is C25H18Cl2N2O4S. The third kappa shape index (κ3) is 4.83. The molecule has 0 aliphatic carbocycles. The van der Waals surface area contributed by atoms with E-state index in [9.17, 15) is 19.5 Å². The van der Waals surface area contributed by atoms with Gasteiger partial charge in [-0.05, 0) is 48.5 Å². The first-order chi connectivity index (χ1) is 16.4. The van der Waals surface area contributed by atoms with Crippen LogP contribution >= 0.6 is 34.5 Å². The van der Waals surface area contributed by atoms with Gasteiger partial charge in [-0.25, -0.2) is 0 Å². The highest BCUT2D eigenvalue weighted by Crippen LogP contribution is 2.35. The van der Waals surface area contributed by atoms with Gasteiger partial charge in [-0.1, -0.05) is 41.4 Å². The van der Waals surface area contributed by atoms with E-state index in [0.717, 1.165) is 10.1 Å². The van der Waals surface area contributed by atoms with Crippen molar-refractivity contribution in [2.45, 2.75) is 0 Å². The summed E-state index contributed by atoms with van der Waals surface area (Å²) < 4.78 is 0.861. The monoisotopic (exact) mass is 512 g/mol. The molecule has 6 nitrogen and oxygen atoms in total. The number of carbonyl (C=O) groups excluding carboxylic acids is 3. The number of nitrogens with zero attached hydrogens (tertiary/aromatic N) is 1. The van der Waals surface area contributed by atoms with E-state index < -0.39 is 11.8 Å². The Bertz CT molecular complexity index is 1390. The number of rotatable bonds is 7. The molecule has 9 heteroatoms. The summed E-state index contributed by atoms with van der Waals surface area (Å²) in [4.78, 5) is 39.6. The highest BCUT2D eigenvalue weighted by Gasteiger charge is 2.21. The molecule has 3 aromatic carbocycles. The highest BCUT2D eigenvalue weighted by molar-refractivity contribution is 7.21. The van der Waals surface area contributed by atoms with E-state index in [1.807, 2.05) is 24.3 Å². The lowest BCUT2D eigenvalue weighted by Crippen LogP contribution is -2.33. The van der Waals surface area contributed by atoms with Gasteiger partial charge in [0.2, 0.25) is 0 Å². The van der Waals surface area contributed by atoms with Crippen LogP contribution in [0.4, 0.5) is 11.4 Å². The minimum atomic E-state index is -0.483. The number of halogens is 2. The lowest BCUT2D eigenvalue weighted by Gasteiger charge is -2.22. The van der Waals surface area contributed by atoms with Crippen LogP contribution in [-0.2, 0) is 0 Å². The maximum atomic E-state index is 13.3. The van der Waals surface area contributed by atoms with Crippen LogP contribution < -0.4 is 10.2 Å². The largest absolute Gasteiger partial charge is 0.395 e. The zero-order valence-electron chi connectivity index (χ0n) is 17.6. The summed E-state index contributed by atoms with van der Waals surface area (Å²) in [6, 6.07) is 18.4. The van der Waals surface area contributed by atoms with E-state index in [1.165, 1.54) is 34.4 Å². The number of benzene rings is 3. The molecule has 34 heavy (non-hydrogen) atoms. The SMILES string of the molecule is O=Cc1ccc(C(=O)N(CCO)c2ccc(Cl)cc2)cc1NC(=O)c1sc2ccccc2c1Cl. The number of fused-ring (bicyclic) bond motifs is 1. The molecule has 0 fully saturated rings. The maximum Gasteiger partial charge on any atom is 0.267 e. The van der Waals surface area contributed by atoms with Gasteiger partial charge in [0.15, 0.2) is 6.29 Å². The van der Waals surface area contributed by atoms with Gasteiger partial charge >= 0.3 is 0 Å². The minimum Gasteiger partial charge on any atom is -0.395 e. The normalized spacial score (nSPS) is 10.8. The van der Waals surface area contributed by atoms with Crippen molar-refractivity contribution in [3.05, 3.63) is 92.8 Å². The second kappa shape index (κ2) is 10.4. The molecule has 1 aromatic heterocycles. The Kier molecular flexibility index (Phi) is 7.29. The van der Waals surface area contributed by atoms with Gasteiger partial charge in [-0.15, -0.1) is 11.3 Å². The van der Waals surface area contributed by atoms with E-state index in [0.29, 0.717) is 26.9 Å². The average Bonchev–Trinajstić information content (AvgIpc) is 3.19. The first-order valence-corrected chi connectivity index (χ1v) is 11.8. The predicted molar refractivity (Wildman–Crippen MR) is 137 cm³/mol. The van der Waals surface area contributed by atoms with Crippen LogP contribution in [0.2, 0.25) is 10.0 Å². The Morgan fingerprint density at radius 3 is 2.44 bits per heavy atom. The number of carbonyl (C=O) groups is 3. The smallest absolute Gasteiger partial charge is 0.267 e. The lowest BCUT2D eigenvalue weighted by molar-refractivity contribution is 0.0978. The summed E-state index contributed by atoms with van der Waals surface area (Å²) >= 11 is 13.6. The topological polar surface area (TPSA) is 86.7 Å². The average molecular weight is 513 g/mol. The molecule has 0 aliphatic rings. The van der Waals surface area contributed by atoms with Gasteiger partial charge in [0.25, 0.3) is 11.8 Å². The number of hydrogen-bond acceptors (Lipinski definition) is 5. The highest BCUT2D eigenvalue weighted by atomic mass is 35.5. The summed E-state index contributed by atoms with van der Waals surface area (Å²) in [6.45, 7) is -0.205. The van der Waals surface area contributed by atoms with Gasteiger partial charge in [-0.3, -0.25) is 14.4 Å². The lowest BCUT2D eigenvalue weighted by atomic mass is 10.1. The zero-order valence-corrected chi connectivity index (χ0v) is 20.0. The van der Waals surface area contributed by atoms with Crippen molar-refractivity contribution in [2.75, 3.05) is 23.4 Å². The van der Waals surface area contributed by atoms with Gasteiger partial charge < -0.3 is 15.3 Å². The third-order valence-electron chi connectivity index (χ3n) is 5.12. The molecule has 4 rings (SSSR count). The second-order valence-corrected chi connectivity index (χ2v) is 9.14. The predicted octanol–water partition coefficient (Wildman–Crippen LogP) is 5.91. The van der Waals surface area contributed by atoms with Crippen molar-refractivity contribution in [1.82, 2.24) is 0 Å². The van der Waals surface area contributed by atoms with Crippen LogP contribution in [-0.4, -0.2) is 36.4 Å². The molecule has 0 atom stereocenters. The maximum absolute atomic E-state index is 13.3. The number of hydrogen-bond donors (Lipinski definition) is 2. The molecule has 2 amide bonds. The van der Waals surface area contributed by atoms with Gasteiger partial charge in [0.1, 0.15) is 4.88 Å². The summed E-state index contributed by atoms with van der Waals surface area (Å²) in [6.07, 6.45) is 0.598. The van der Waals surface area contributed by atoms with E-state index in [2.05, 4.69) is 5.32 Å². The summed E-state index contributed by atoms with van der Waals surface area (Å²) in [5, 5.41) is 13.8. The number of aliphatic hydroxyl groups excluding tert-OH is 1. The quantitative estimate of drug-likeness (QED) is 0.301. The van der Waals surface area contributed by atoms with Crippen LogP contribution in [0.5, 0.6) is 0 Å². The first kappa shape index (κ1) is 23.9.